The zero-order chi connectivity index (χ0) is 20.7. The quantitative estimate of drug-likeness (QED) is 0.466. The average molecular weight is 491 g/mol. The lowest BCUT2D eigenvalue weighted by Crippen LogP contribution is -2.58. The van der Waals surface area contributed by atoms with Gasteiger partial charge in [0.2, 0.25) is 0 Å². The van der Waals surface area contributed by atoms with E-state index in [9.17, 15) is 0 Å². The zero-order valence-corrected chi connectivity index (χ0v) is 19.8. The highest BCUT2D eigenvalue weighted by molar-refractivity contribution is 9.10. The van der Waals surface area contributed by atoms with Gasteiger partial charge in [0, 0.05) is 17.1 Å². The van der Waals surface area contributed by atoms with Crippen LogP contribution in [-0.4, -0.2) is 12.6 Å². The zero-order valence-electron chi connectivity index (χ0n) is 17.4. The Kier molecular flexibility index (Phi) is 5.76. The maximum atomic E-state index is 6.09. The molecule has 4 aliphatic rings. The third-order valence-electron chi connectivity index (χ3n) is 7.27. The van der Waals surface area contributed by atoms with E-state index in [4.69, 9.17) is 21.1 Å². The van der Waals surface area contributed by atoms with Gasteiger partial charge in [-0.2, -0.15) is 0 Å². The first-order valence-corrected chi connectivity index (χ1v) is 12.2. The lowest BCUT2D eigenvalue weighted by Gasteiger charge is -2.57. The summed E-state index contributed by atoms with van der Waals surface area (Å²) >= 11 is 9.79. The molecule has 0 atom stereocenters. The number of rotatable bonds is 7. The van der Waals surface area contributed by atoms with Gasteiger partial charge in [0.1, 0.15) is 6.61 Å². The first kappa shape index (κ1) is 20.7. The highest BCUT2D eigenvalue weighted by Gasteiger charge is 2.50. The summed E-state index contributed by atoms with van der Waals surface area (Å²) < 4.78 is 12.7. The van der Waals surface area contributed by atoms with Crippen LogP contribution in [0.25, 0.3) is 0 Å². The topological polar surface area (TPSA) is 30.5 Å². The molecule has 2 aromatic carbocycles. The van der Waals surface area contributed by atoms with E-state index >= 15 is 0 Å². The van der Waals surface area contributed by atoms with Gasteiger partial charge in [-0.05, 0) is 108 Å². The molecule has 0 heterocycles. The molecule has 0 radical (unpaired) electrons. The highest BCUT2D eigenvalue weighted by atomic mass is 79.9. The largest absolute Gasteiger partial charge is 0.493 e. The molecule has 30 heavy (non-hydrogen) atoms. The van der Waals surface area contributed by atoms with E-state index in [1.54, 1.807) is 7.11 Å². The second kappa shape index (κ2) is 8.37. The second-order valence-corrected chi connectivity index (χ2v) is 10.9. The fourth-order valence-corrected chi connectivity index (χ4v) is 7.23. The lowest BCUT2D eigenvalue weighted by molar-refractivity contribution is -0.0206. The van der Waals surface area contributed by atoms with Crippen LogP contribution in [0.1, 0.15) is 49.7 Å². The van der Waals surface area contributed by atoms with Crippen molar-refractivity contribution in [2.75, 3.05) is 7.11 Å². The SMILES string of the molecule is COc1cc(CNC23CC4CC(CC(C4)C2)C3)cc(Br)c1OCc1cccc(Cl)c1. The minimum absolute atomic E-state index is 0.357. The van der Waals surface area contributed by atoms with Crippen LogP contribution in [0, 0.1) is 17.8 Å². The predicted molar refractivity (Wildman–Crippen MR) is 124 cm³/mol. The van der Waals surface area contributed by atoms with Gasteiger partial charge in [-0.25, -0.2) is 0 Å². The van der Waals surface area contributed by atoms with Crippen molar-refractivity contribution >= 4 is 27.5 Å². The average Bonchev–Trinajstić information content (AvgIpc) is 2.70. The van der Waals surface area contributed by atoms with Crippen molar-refractivity contribution in [3.8, 4) is 11.5 Å². The van der Waals surface area contributed by atoms with Crippen LogP contribution in [0.2, 0.25) is 5.02 Å². The van der Waals surface area contributed by atoms with E-state index in [-0.39, 0.29) is 0 Å². The van der Waals surface area contributed by atoms with Gasteiger partial charge in [-0.1, -0.05) is 23.7 Å². The van der Waals surface area contributed by atoms with Crippen LogP contribution >= 0.6 is 27.5 Å². The number of ether oxygens (including phenoxy) is 2. The minimum atomic E-state index is 0.357. The first-order chi connectivity index (χ1) is 14.5. The van der Waals surface area contributed by atoms with Crippen molar-refractivity contribution in [1.82, 2.24) is 5.32 Å². The van der Waals surface area contributed by atoms with Crippen molar-refractivity contribution < 1.29 is 9.47 Å². The molecular weight excluding hydrogens is 462 g/mol. The molecule has 1 N–H and O–H groups in total. The third kappa shape index (κ3) is 4.24. The van der Waals surface area contributed by atoms with Gasteiger partial charge in [0.25, 0.3) is 0 Å². The summed E-state index contributed by atoms with van der Waals surface area (Å²) in [4.78, 5) is 0. The number of hydrogen-bond acceptors (Lipinski definition) is 3. The molecule has 4 bridgehead atoms. The summed E-state index contributed by atoms with van der Waals surface area (Å²) in [5.74, 6) is 4.34. The van der Waals surface area contributed by atoms with E-state index in [0.29, 0.717) is 17.2 Å². The highest BCUT2D eigenvalue weighted by Crippen LogP contribution is 2.55. The maximum Gasteiger partial charge on any atom is 0.175 e. The molecule has 0 saturated heterocycles. The second-order valence-electron chi connectivity index (χ2n) is 9.58. The molecule has 4 fully saturated rings. The van der Waals surface area contributed by atoms with E-state index in [1.165, 1.54) is 44.1 Å². The number of nitrogens with one attached hydrogen (secondary N) is 1. The summed E-state index contributed by atoms with van der Waals surface area (Å²) in [5.41, 5.74) is 2.62. The van der Waals surface area contributed by atoms with Crippen molar-refractivity contribution in [3.05, 3.63) is 57.0 Å². The Bertz CT molecular complexity index is 896. The smallest absolute Gasteiger partial charge is 0.175 e. The molecule has 160 valence electrons. The van der Waals surface area contributed by atoms with Gasteiger partial charge >= 0.3 is 0 Å². The number of halogens is 2. The maximum absolute atomic E-state index is 6.09. The molecular formula is C25H29BrClNO2. The Morgan fingerprint density at radius 1 is 1.03 bits per heavy atom. The molecule has 2 aromatic rings. The normalized spacial score (nSPS) is 29.2. The summed E-state index contributed by atoms with van der Waals surface area (Å²) in [5, 5.41) is 4.69. The molecule has 5 heteroatoms. The van der Waals surface area contributed by atoms with Gasteiger partial charge in [0.15, 0.2) is 11.5 Å². The summed E-state index contributed by atoms with van der Waals surface area (Å²) in [7, 11) is 1.70. The third-order valence-corrected chi connectivity index (χ3v) is 8.09. The van der Waals surface area contributed by atoms with Crippen molar-refractivity contribution in [2.24, 2.45) is 17.8 Å². The fourth-order valence-electron chi connectivity index (χ4n) is 6.41. The van der Waals surface area contributed by atoms with E-state index in [0.717, 1.165) is 45.8 Å². The number of hydrogen-bond donors (Lipinski definition) is 1. The molecule has 0 aromatic heterocycles. The van der Waals surface area contributed by atoms with Crippen molar-refractivity contribution in [1.29, 1.82) is 0 Å². The van der Waals surface area contributed by atoms with Crippen LogP contribution in [0.3, 0.4) is 0 Å². The fraction of sp³-hybridized carbons (Fsp3) is 0.520. The Balaban J connectivity index is 1.28. The molecule has 3 nitrogen and oxygen atoms in total. The standard InChI is InChI=1S/C25H29BrClNO2/c1-29-23-10-20(9-22(26)24(23)30-15-16-3-2-4-21(27)8-16)14-28-25-11-17-5-18(12-25)7-19(6-17)13-25/h2-4,8-10,17-19,28H,5-7,11-15H2,1H3. The Morgan fingerprint density at radius 2 is 1.73 bits per heavy atom. The first-order valence-electron chi connectivity index (χ1n) is 11.0. The molecule has 4 aliphatic carbocycles. The Labute approximate surface area is 192 Å². The van der Waals surface area contributed by atoms with E-state index in [2.05, 4.69) is 33.4 Å². The molecule has 4 saturated carbocycles. The summed E-state index contributed by atoms with van der Waals surface area (Å²) in [6, 6.07) is 12.0. The number of methoxy groups -OCH3 is 1. The Hall–Kier alpha value is -1.23. The van der Waals surface area contributed by atoms with Gasteiger partial charge < -0.3 is 14.8 Å². The molecule has 6 rings (SSSR count). The monoisotopic (exact) mass is 489 g/mol. The molecule has 0 amide bonds. The van der Waals surface area contributed by atoms with Gasteiger partial charge in [0.05, 0.1) is 11.6 Å². The van der Waals surface area contributed by atoms with Crippen LogP contribution in [0.4, 0.5) is 0 Å². The number of benzene rings is 2. The Morgan fingerprint density at radius 3 is 2.37 bits per heavy atom. The van der Waals surface area contributed by atoms with Crippen LogP contribution in [0.15, 0.2) is 40.9 Å². The lowest BCUT2D eigenvalue weighted by atomic mass is 9.53. The van der Waals surface area contributed by atoms with E-state index < -0.39 is 0 Å². The van der Waals surface area contributed by atoms with Crippen LogP contribution < -0.4 is 14.8 Å². The van der Waals surface area contributed by atoms with Crippen molar-refractivity contribution in [2.45, 2.75) is 57.2 Å². The van der Waals surface area contributed by atoms with E-state index in [1.807, 2.05) is 24.3 Å². The van der Waals surface area contributed by atoms with Crippen LogP contribution in [0.5, 0.6) is 11.5 Å². The summed E-state index contributed by atoms with van der Waals surface area (Å²) in [6.45, 7) is 1.32. The van der Waals surface area contributed by atoms with Crippen LogP contribution in [-0.2, 0) is 13.2 Å². The molecule has 0 spiro atoms. The molecule has 0 aliphatic heterocycles. The van der Waals surface area contributed by atoms with Gasteiger partial charge in [-0.15, -0.1) is 0 Å². The van der Waals surface area contributed by atoms with Gasteiger partial charge in [-0.3, -0.25) is 0 Å². The summed E-state index contributed by atoms with van der Waals surface area (Å²) in [6.07, 6.45) is 8.49. The minimum Gasteiger partial charge on any atom is -0.493 e. The predicted octanol–water partition coefficient (Wildman–Crippen LogP) is 6.75. The molecule has 0 unspecified atom stereocenters. The van der Waals surface area contributed by atoms with Crippen molar-refractivity contribution in [3.63, 3.8) is 0 Å².